The zero-order chi connectivity index (χ0) is 19.1. The lowest BCUT2D eigenvalue weighted by atomic mass is 9.75. The summed E-state index contributed by atoms with van der Waals surface area (Å²) in [6.45, 7) is 15.1. The lowest BCUT2D eigenvalue weighted by Crippen LogP contribution is -2.46. The summed E-state index contributed by atoms with van der Waals surface area (Å²) in [5.41, 5.74) is 1.94. The summed E-state index contributed by atoms with van der Waals surface area (Å²) >= 11 is 0. The van der Waals surface area contributed by atoms with Crippen LogP contribution < -0.4 is 0 Å². The average molecular weight is 347 g/mol. The lowest BCUT2D eigenvalue weighted by Gasteiger charge is -2.38. The molecule has 4 heteroatoms. The van der Waals surface area contributed by atoms with Crippen molar-refractivity contribution in [1.29, 1.82) is 0 Å². The Morgan fingerprint density at radius 1 is 1.08 bits per heavy atom. The van der Waals surface area contributed by atoms with Crippen LogP contribution in [0.25, 0.3) is 0 Å². The summed E-state index contributed by atoms with van der Waals surface area (Å²) in [7, 11) is 0. The van der Waals surface area contributed by atoms with Gasteiger partial charge in [-0.2, -0.15) is 0 Å². The summed E-state index contributed by atoms with van der Waals surface area (Å²) in [4.78, 5) is 18.5. The number of fused-ring (bicyclic) bond motifs is 2. The monoisotopic (exact) mass is 346 g/mol. The maximum atomic E-state index is 12.1. The molecule has 140 valence electrons. The number of hydrogen-bond acceptors (Lipinski definition) is 3. The molecule has 0 bridgehead atoms. The largest absolute Gasteiger partial charge is 0.444 e. The Hall–Kier alpha value is -1.84. The molecule has 0 saturated carbocycles. The highest BCUT2D eigenvalue weighted by molar-refractivity contribution is 5.85. The van der Waals surface area contributed by atoms with Gasteiger partial charge < -0.3 is 9.64 Å². The maximum absolute atomic E-state index is 12.1. The minimum atomic E-state index is -0.437. The van der Waals surface area contributed by atoms with E-state index in [1.807, 2.05) is 59.4 Å². The molecule has 1 fully saturated rings. The first-order valence-corrected chi connectivity index (χ1v) is 9.52. The molecule has 1 saturated heterocycles. The van der Waals surface area contributed by atoms with Gasteiger partial charge in [0.2, 0.25) is 0 Å². The van der Waals surface area contributed by atoms with E-state index in [2.05, 4.69) is 29.4 Å². The molecule has 3 rings (SSSR count). The number of amides is 1. The van der Waals surface area contributed by atoms with Crippen molar-refractivity contribution >= 4 is 18.0 Å². The van der Waals surface area contributed by atoms with E-state index in [-0.39, 0.29) is 11.5 Å². The van der Waals surface area contributed by atoms with Gasteiger partial charge >= 0.3 is 6.09 Å². The number of rotatable bonds is 0. The highest BCUT2D eigenvalue weighted by atomic mass is 16.6. The fourth-order valence-corrected chi connectivity index (χ4v) is 3.08. The summed E-state index contributed by atoms with van der Waals surface area (Å²) in [5.74, 6) is 0. The van der Waals surface area contributed by atoms with Crippen LogP contribution in [0.5, 0.6) is 0 Å². The van der Waals surface area contributed by atoms with E-state index in [4.69, 9.17) is 4.74 Å². The summed E-state index contributed by atoms with van der Waals surface area (Å²) in [6.07, 6.45) is 3.68. The number of para-hydroxylation sites is 1. The molecule has 0 N–H and O–H groups in total. The number of hydrogen-bond donors (Lipinski definition) is 0. The molecule has 0 aromatic heterocycles. The first-order chi connectivity index (χ1) is 11.9. The smallest absolute Gasteiger partial charge is 0.410 e. The Bertz CT molecular complexity index is 580. The quantitative estimate of drug-likeness (QED) is 0.602. The number of carbonyl (C=O) groups is 1. The van der Waals surface area contributed by atoms with Gasteiger partial charge in [-0.05, 0) is 45.2 Å². The topological polar surface area (TPSA) is 41.9 Å². The number of nitrogens with zero attached hydrogens (tertiary/aromatic N) is 2. The number of piperidine rings is 1. The van der Waals surface area contributed by atoms with Gasteiger partial charge in [-0.3, -0.25) is 4.99 Å². The molecule has 0 atom stereocenters. The number of benzene rings is 1. The van der Waals surface area contributed by atoms with Crippen molar-refractivity contribution in [3.05, 3.63) is 29.8 Å². The third kappa shape index (κ3) is 5.07. The van der Waals surface area contributed by atoms with Crippen molar-refractivity contribution in [3.63, 3.8) is 0 Å². The standard InChI is InChI=1S/C17H22N2O2.2C2H6/c1-16(2,3)21-15(20)19-10-8-17(9-11-19)12-18-14-7-5-4-6-13(14)17;2*1-2/h4-7,12H,8-11H2,1-3H3;2*1-2H3. The summed E-state index contributed by atoms with van der Waals surface area (Å²) < 4.78 is 5.45. The van der Waals surface area contributed by atoms with Gasteiger partial charge in [-0.15, -0.1) is 0 Å². The van der Waals surface area contributed by atoms with Crippen molar-refractivity contribution in [2.24, 2.45) is 4.99 Å². The van der Waals surface area contributed by atoms with Crippen LogP contribution in [0, 0.1) is 0 Å². The number of likely N-dealkylation sites (tertiary alicyclic amines) is 1. The molecule has 1 aromatic rings. The second-order valence-electron chi connectivity index (χ2n) is 6.90. The van der Waals surface area contributed by atoms with Crippen LogP contribution in [-0.4, -0.2) is 35.9 Å². The molecule has 0 unspecified atom stereocenters. The molecular weight excluding hydrogens is 312 g/mol. The van der Waals surface area contributed by atoms with Crippen LogP contribution in [0.1, 0.15) is 66.9 Å². The van der Waals surface area contributed by atoms with Crippen LogP contribution in [-0.2, 0) is 10.2 Å². The van der Waals surface area contributed by atoms with Crippen LogP contribution >= 0.6 is 0 Å². The van der Waals surface area contributed by atoms with Crippen molar-refractivity contribution < 1.29 is 9.53 Å². The molecule has 0 aliphatic carbocycles. The van der Waals surface area contributed by atoms with E-state index in [0.717, 1.165) is 31.6 Å². The van der Waals surface area contributed by atoms with E-state index in [1.165, 1.54) is 5.56 Å². The molecule has 2 heterocycles. The Balaban J connectivity index is 0.000000730. The molecule has 0 radical (unpaired) electrons. The predicted molar refractivity (Wildman–Crippen MR) is 106 cm³/mol. The minimum absolute atomic E-state index is 0.00903. The first-order valence-electron chi connectivity index (χ1n) is 9.52. The van der Waals surface area contributed by atoms with Crippen molar-refractivity contribution in [2.45, 2.75) is 72.3 Å². The Labute approximate surface area is 153 Å². The lowest BCUT2D eigenvalue weighted by molar-refractivity contribution is 0.0191. The molecule has 4 nitrogen and oxygen atoms in total. The highest BCUT2D eigenvalue weighted by Gasteiger charge is 2.40. The minimum Gasteiger partial charge on any atom is -0.444 e. The third-order valence-corrected chi connectivity index (χ3v) is 4.20. The SMILES string of the molecule is CC.CC.CC(C)(C)OC(=O)N1CCC2(C=Nc3ccccc32)CC1. The van der Waals surface area contributed by atoms with E-state index in [9.17, 15) is 4.79 Å². The number of ether oxygens (including phenoxy) is 1. The van der Waals surface area contributed by atoms with E-state index in [1.54, 1.807) is 0 Å². The van der Waals surface area contributed by atoms with E-state index >= 15 is 0 Å². The zero-order valence-electron chi connectivity index (χ0n) is 16.9. The van der Waals surface area contributed by atoms with Crippen LogP contribution in [0.2, 0.25) is 0 Å². The Morgan fingerprint density at radius 2 is 1.64 bits per heavy atom. The van der Waals surface area contributed by atoms with Crippen molar-refractivity contribution in [1.82, 2.24) is 4.90 Å². The Kier molecular flexibility index (Phi) is 7.65. The van der Waals surface area contributed by atoms with E-state index < -0.39 is 5.60 Å². The number of aliphatic imine (C=N–C) groups is 1. The van der Waals surface area contributed by atoms with Gasteiger partial charge in [0.15, 0.2) is 0 Å². The van der Waals surface area contributed by atoms with Gasteiger partial charge in [0.05, 0.1) is 5.69 Å². The molecule has 1 aromatic carbocycles. The van der Waals surface area contributed by atoms with Crippen LogP contribution in [0.15, 0.2) is 29.3 Å². The summed E-state index contributed by atoms with van der Waals surface area (Å²) in [5, 5.41) is 0. The predicted octanol–water partition coefficient (Wildman–Crippen LogP) is 5.72. The normalized spacial score (nSPS) is 17.0. The number of carbonyl (C=O) groups excluding carboxylic acids is 1. The van der Waals surface area contributed by atoms with Crippen molar-refractivity contribution in [2.75, 3.05) is 13.1 Å². The summed E-state index contributed by atoms with van der Waals surface area (Å²) in [6, 6.07) is 8.30. The molecule has 1 amide bonds. The van der Waals surface area contributed by atoms with Crippen LogP contribution in [0.4, 0.5) is 10.5 Å². The first kappa shape index (κ1) is 21.2. The van der Waals surface area contributed by atoms with Crippen LogP contribution in [0.3, 0.4) is 0 Å². The molecule has 25 heavy (non-hydrogen) atoms. The second kappa shape index (κ2) is 9.02. The molecule has 1 spiro atoms. The fourth-order valence-electron chi connectivity index (χ4n) is 3.08. The maximum Gasteiger partial charge on any atom is 0.410 e. The molecule has 2 aliphatic rings. The highest BCUT2D eigenvalue weighted by Crippen LogP contribution is 2.43. The van der Waals surface area contributed by atoms with Gasteiger partial charge in [0.25, 0.3) is 0 Å². The average Bonchev–Trinajstić information content (AvgIpc) is 2.96. The molecular formula is C21H34N2O2. The third-order valence-electron chi connectivity index (χ3n) is 4.20. The van der Waals surface area contributed by atoms with Gasteiger partial charge in [0.1, 0.15) is 5.60 Å². The van der Waals surface area contributed by atoms with Gasteiger partial charge in [0, 0.05) is 24.7 Å². The van der Waals surface area contributed by atoms with E-state index in [0.29, 0.717) is 0 Å². The van der Waals surface area contributed by atoms with Crippen molar-refractivity contribution in [3.8, 4) is 0 Å². The Morgan fingerprint density at radius 3 is 2.20 bits per heavy atom. The fraction of sp³-hybridized carbons (Fsp3) is 0.619. The zero-order valence-corrected chi connectivity index (χ0v) is 16.9. The van der Waals surface area contributed by atoms with Gasteiger partial charge in [-0.1, -0.05) is 45.9 Å². The van der Waals surface area contributed by atoms with Gasteiger partial charge in [-0.25, -0.2) is 4.79 Å². The molecule has 2 aliphatic heterocycles. The second-order valence-corrected chi connectivity index (χ2v) is 6.90.